The van der Waals surface area contributed by atoms with Crippen molar-refractivity contribution in [3.8, 4) is 0 Å². The third-order valence-electron chi connectivity index (χ3n) is 3.25. The second kappa shape index (κ2) is 4.94. The Balaban J connectivity index is 1.75. The number of amides is 1. The third-order valence-corrected chi connectivity index (χ3v) is 3.25. The molecule has 4 heteroatoms. The van der Waals surface area contributed by atoms with E-state index < -0.39 is 0 Å². The van der Waals surface area contributed by atoms with Crippen molar-refractivity contribution in [2.75, 3.05) is 26.2 Å². The quantitative estimate of drug-likeness (QED) is 0.670. The molecule has 1 amide bonds. The van der Waals surface area contributed by atoms with E-state index in [2.05, 4.69) is 22.5 Å². The molecular formula is C11H21N3O. The third kappa shape index (κ3) is 3.18. The molecule has 15 heavy (non-hydrogen) atoms. The first-order valence-corrected chi connectivity index (χ1v) is 6.03. The molecule has 0 aromatic carbocycles. The van der Waals surface area contributed by atoms with Gasteiger partial charge in [-0.25, -0.2) is 0 Å². The Morgan fingerprint density at radius 1 is 1.47 bits per heavy atom. The minimum Gasteiger partial charge on any atom is -0.352 e. The molecule has 1 atom stereocenters. The lowest BCUT2D eigenvalue weighted by Gasteiger charge is -2.26. The molecule has 1 unspecified atom stereocenters. The summed E-state index contributed by atoms with van der Waals surface area (Å²) in [4.78, 5) is 13.9. The van der Waals surface area contributed by atoms with Crippen molar-refractivity contribution in [1.29, 1.82) is 0 Å². The van der Waals surface area contributed by atoms with E-state index in [1.54, 1.807) is 0 Å². The zero-order valence-corrected chi connectivity index (χ0v) is 9.46. The smallest absolute Gasteiger partial charge is 0.234 e. The van der Waals surface area contributed by atoms with E-state index in [1.165, 1.54) is 19.3 Å². The van der Waals surface area contributed by atoms with Gasteiger partial charge in [0.05, 0.1) is 6.54 Å². The molecule has 4 nitrogen and oxygen atoms in total. The SMILES string of the molecule is CCN(CC(=O)NC1CC1)C1CCNC1. The van der Waals surface area contributed by atoms with Gasteiger partial charge in [0, 0.05) is 18.6 Å². The number of carbonyl (C=O) groups excluding carboxylic acids is 1. The van der Waals surface area contributed by atoms with Gasteiger partial charge in [0.2, 0.25) is 5.91 Å². The molecule has 2 aliphatic rings. The van der Waals surface area contributed by atoms with Crippen molar-refractivity contribution >= 4 is 5.91 Å². The molecule has 1 heterocycles. The lowest BCUT2D eigenvalue weighted by molar-refractivity contribution is -0.122. The lowest BCUT2D eigenvalue weighted by Crippen LogP contribution is -2.44. The summed E-state index contributed by atoms with van der Waals surface area (Å²) in [5, 5.41) is 6.38. The number of hydrogen-bond donors (Lipinski definition) is 2. The predicted octanol–water partition coefficient (Wildman–Crippen LogP) is -0.0512. The molecule has 0 spiro atoms. The van der Waals surface area contributed by atoms with Gasteiger partial charge in [-0.15, -0.1) is 0 Å². The average molecular weight is 211 g/mol. The first-order chi connectivity index (χ1) is 7.29. The van der Waals surface area contributed by atoms with Crippen molar-refractivity contribution in [2.24, 2.45) is 0 Å². The highest BCUT2D eigenvalue weighted by Crippen LogP contribution is 2.18. The van der Waals surface area contributed by atoms with Crippen LogP contribution in [0.3, 0.4) is 0 Å². The zero-order valence-electron chi connectivity index (χ0n) is 9.46. The summed E-state index contributed by atoms with van der Waals surface area (Å²) < 4.78 is 0. The molecule has 0 aromatic heterocycles. The topological polar surface area (TPSA) is 44.4 Å². The predicted molar refractivity (Wildman–Crippen MR) is 59.7 cm³/mol. The van der Waals surface area contributed by atoms with Gasteiger partial charge in [0.15, 0.2) is 0 Å². The fourth-order valence-corrected chi connectivity index (χ4v) is 2.14. The lowest BCUT2D eigenvalue weighted by atomic mass is 10.2. The number of nitrogens with one attached hydrogen (secondary N) is 2. The van der Waals surface area contributed by atoms with Gasteiger partial charge in [-0.1, -0.05) is 6.92 Å². The van der Waals surface area contributed by atoms with Gasteiger partial charge in [-0.05, 0) is 32.4 Å². The van der Waals surface area contributed by atoms with E-state index in [0.29, 0.717) is 18.6 Å². The molecule has 0 radical (unpaired) electrons. The van der Waals surface area contributed by atoms with E-state index >= 15 is 0 Å². The maximum absolute atomic E-state index is 11.6. The summed E-state index contributed by atoms with van der Waals surface area (Å²) in [5.74, 6) is 0.200. The molecule has 2 N–H and O–H groups in total. The second-order valence-corrected chi connectivity index (χ2v) is 4.55. The fraction of sp³-hybridized carbons (Fsp3) is 0.909. The van der Waals surface area contributed by atoms with E-state index in [1.807, 2.05) is 0 Å². The molecule has 1 aliphatic heterocycles. The first kappa shape index (κ1) is 10.9. The molecule has 0 bridgehead atoms. The molecule has 0 aromatic rings. The largest absolute Gasteiger partial charge is 0.352 e. The maximum Gasteiger partial charge on any atom is 0.234 e. The van der Waals surface area contributed by atoms with Crippen molar-refractivity contribution in [3.05, 3.63) is 0 Å². The minimum atomic E-state index is 0.200. The summed E-state index contributed by atoms with van der Waals surface area (Å²) in [6.07, 6.45) is 3.51. The van der Waals surface area contributed by atoms with Crippen molar-refractivity contribution < 1.29 is 4.79 Å². The minimum absolute atomic E-state index is 0.200. The Labute approximate surface area is 91.4 Å². The van der Waals surface area contributed by atoms with Crippen LogP contribution in [0.1, 0.15) is 26.2 Å². The number of likely N-dealkylation sites (N-methyl/N-ethyl adjacent to an activating group) is 1. The van der Waals surface area contributed by atoms with Crippen LogP contribution in [0.2, 0.25) is 0 Å². The Bertz CT molecular complexity index is 222. The van der Waals surface area contributed by atoms with Crippen LogP contribution in [-0.2, 0) is 4.79 Å². The highest BCUT2D eigenvalue weighted by atomic mass is 16.2. The Kier molecular flexibility index (Phi) is 3.59. The van der Waals surface area contributed by atoms with Crippen molar-refractivity contribution in [2.45, 2.75) is 38.3 Å². The summed E-state index contributed by atoms with van der Waals surface area (Å²) >= 11 is 0. The maximum atomic E-state index is 11.6. The van der Waals surface area contributed by atoms with Crippen LogP contribution in [-0.4, -0.2) is 49.1 Å². The van der Waals surface area contributed by atoms with Crippen molar-refractivity contribution in [1.82, 2.24) is 15.5 Å². The van der Waals surface area contributed by atoms with E-state index in [4.69, 9.17) is 0 Å². The Morgan fingerprint density at radius 2 is 2.27 bits per heavy atom. The first-order valence-electron chi connectivity index (χ1n) is 6.03. The van der Waals surface area contributed by atoms with E-state index in [-0.39, 0.29) is 5.91 Å². The number of nitrogens with zero attached hydrogens (tertiary/aromatic N) is 1. The highest BCUT2D eigenvalue weighted by Gasteiger charge is 2.26. The monoisotopic (exact) mass is 211 g/mol. The molecule has 1 saturated carbocycles. The van der Waals surface area contributed by atoms with Gasteiger partial charge in [-0.3, -0.25) is 9.69 Å². The Morgan fingerprint density at radius 3 is 2.80 bits per heavy atom. The highest BCUT2D eigenvalue weighted by molar-refractivity contribution is 5.78. The standard InChI is InChI=1S/C11H21N3O/c1-2-14(10-5-6-12-7-10)8-11(15)13-9-3-4-9/h9-10,12H,2-8H2,1H3,(H,13,15). The summed E-state index contributed by atoms with van der Waals surface area (Å²) in [6, 6.07) is 1.04. The van der Waals surface area contributed by atoms with Gasteiger partial charge in [0.1, 0.15) is 0 Å². The summed E-state index contributed by atoms with van der Waals surface area (Å²) in [5.41, 5.74) is 0. The van der Waals surface area contributed by atoms with Crippen LogP contribution in [0.15, 0.2) is 0 Å². The van der Waals surface area contributed by atoms with Gasteiger partial charge in [0.25, 0.3) is 0 Å². The van der Waals surface area contributed by atoms with Crippen LogP contribution in [0.4, 0.5) is 0 Å². The van der Waals surface area contributed by atoms with Crippen molar-refractivity contribution in [3.63, 3.8) is 0 Å². The molecule has 2 fully saturated rings. The molecule has 1 aliphatic carbocycles. The van der Waals surface area contributed by atoms with E-state index in [9.17, 15) is 4.79 Å². The normalized spacial score (nSPS) is 25.9. The average Bonchev–Trinajstić information content (AvgIpc) is 2.86. The number of carbonyl (C=O) groups is 1. The van der Waals surface area contributed by atoms with E-state index in [0.717, 1.165) is 19.6 Å². The Hall–Kier alpha value is -0.610. The van der Waals surface area contributed by atoms with Crippen LogP contribution in [0, 0.1) is 0 Å². The van der Waals surface area contributed by atoms with Gasteiger partial charge < -0.3 is 10.6 Å². The molecular weight excluding hydrogens is 190 g/mol. The number of hydrogen-bond acceptors (Lipinski definition) is 3. The fourth-order valence-electron chi connectivity index (χ4n) is 2.14. The van der Waals surface area contributed by atoms with Gasteiger partial charge in [-0.2, -0.15) is 0 Å². The molecule has 2 rings (SSSR count). The van der Waals surface area contributed by atoms with Crippen LogP contribution in [0.5, 0.6) is 0 Å². The molecule has 1 saturated heterocycles. The second-order valence-electron chi connectivity index (χ2n) is 4.55. The van der Waals surface area contributed by atoms with Gasteiger partial charge >= 0.3 is 0 Å². The molecule has 86 valence electrons. The summed E-state index contributed by atoms with van der Waals surface area (Å²) in [6.45, 7) is 5.78. The van der Waals surface area contributed by atoms with Crippen LogP contribution >= 0.6 is 0 Å². The van der Waals surface area contributed by atoms with Crippen LogP contribution in [0.25, 0.3) is 0 Å². The van der Waals surface area contributed by atoms with Crippen LogP contribution < -0.4 is 10.6 Å². The number of rotatable bonds is 5. The summed E-state index contributed by atoms with van der Waals surface area (Å²) in [7, 11) is 0. The zero-order chi connectivity index (χ0) is 10.7.